The molecular formula is C15H18ClN3. The summed E-state index contributed by atoms with van der Waals surface area (Å²) in [5.41, 5.74) is 0.984. The lowest BCUT2D eigenvalue weighted by Crippen LogP contribution is -2.33. The smallest absolute Gasteiger partial charge is 0.137 e. The average molecular weight is 276 g/mol. The molecule has 0 saturated heterocycles. The Morgan fingerprint density at radius 3 is 2.89 bits per heavy atom. The molecule has 0 spiro atoms. The van der Waals surface area contributed by atoms with Crippen LogP contribution in [-0.2, 0) is 0 Å². The molecule has 0 bridgehead atoms. The monoisotopic (exact) mass is 275 g/mol. The van der Waals surface area contributed by atoms with Crippen molar-refractivity contribution in [3.63, 3.8) is 0 Å². The largest absolute Gasteiger partial charge is 0.366 e. The average Bonchev–Trinajstić information content (AvgIpc) is 2.48. The van der Waals surface area contributed by atoms with Gasteiger partial charge in [-0.25, -0.2) is 9.97 Å². The minimum atomic E-state index is 0.435. The second-order valence-corrected chi connectivity index (χ2v) is 5.50. The van der Waals surface area contributed by atoms with Gasteiger partial charge in [-0.05, 0) is 30.9 Å². The van der Waals surface area contributed by atoms with Gasteiger partial charge in [0, 0.05) is 17.3 Å². The Hall–Kier alpha value is -1.35. The summed E-state index contributed by atoms with van der Waals surface area (Å²) in [6.07, 6.45) is 6.58. The van der Waals surface area contributed by atoms with Crippen LogP contribution in [0.5, 0.6) is 0 Å². The van der Waals surface area contributed by atoms with E-state index in [0.717, 1.165) is 22.6 Å². The van der Waals surface area contributed by atoms with E-state index in [9.17, 15) is 0 Å². The number of rotatable bonds is 3. The molecule has 2 atom stereocenters. The molecule has 0 radical (unpaired) electrons. The van der Waals surface area contributed by atoms with Crippen molar-refractivity contribution in [1.82, 2.24) is 9.97 Å². The number of nitrogens with one attached hydrogen (secondary N) is 1. The van der Waals surface area contributed by atoms with Gasteiger partial charge in [0.1, 0.15) is 12.1 Å². The van der Waals surface area contributed by atoms with Crippen LogP contribution in [0.1, 0.15) is 25.7 Å². The van der Waals surface area contributed by atoms with E-state index in [2.05, 4.69) is 21.4 Å². The highest BCUT2D eigenvalue weighted by Crippen LogP contribution is 2.29. The Kier molecular flexibility index (Phi) is 3.83. The van der Waals surface area contributed by atoms with Crippen LogP contribution in [0.25, 0.3) is 10.9 Å². The van der Waals surface area contributed by atoms with Crippen LogP contribution < -0.4 is 5.32 Å². The Morgan fingerprint density at radius 2 is 2.00 bits per heavy atom. The number of halogens is 1. The van der Waals surface area contributed by atoms with Crippen LogP contribution in [0.2, 0.25) is 0 Å². The highest BCUT2D eigenvalue weighted by molar-refractivity contribution is 6.18. The second kappa shape index (κ2) is 5.74. The maximum absolute atomic E-state index is 6.09. The second-order valence-electron chi connectivity index (χ2n) is 5.19. The lowest BCUT2D eigenvalue weighted by Gasteiger charge is -2.31. The van der Waals surface area contributed by atoms with E-state index in [1.54, 1.807) is 6.33 Å². The Balaban J connectivity index is 1.88. The Morgan fingerprint density at radius 1 is 1.16 bits per heavy atom. The molecule has 1 saturated carbocycles. The zero-order valence-corrected chi connectivity index (χ0v) is 11.6. The summed E-state index contributed by atoms with van der Waals surface area (Å²) in [5, 5.41) is 4.68. The summed E-state index contributed by atoms with van der Waals surface area (Å²) in [4.78, 5) is 8.70. The quantitative estimate of drug-likeness (QED) is 0.865. The molecule has 19 heavy (non-hydrogen) atoms. The summed E-state index contributed by atoms with van der Waals surface area (Å²) >= 11 is 6.09. The fourth-order valence-corrected chi connectivity index (χ4v) is 3.25. The SMILES string of the molecule is ClCC1CCCCC1Nc1ncnc2ccccc12. The highest BCUT2D eigenvalue weighted by Gasteiger charge is 2.24. The van der Waals surface area contributed by atoms with Crippen LogP contribution in [0.4, 0.5) is 5.82 Å². The first kappa shape index (κ1) is 12.7. The van der Waals surface area contributed by atoms with Gasteiger partial charge in [-0.15, -0.1) is 11.6 Å². The molecule has 4 heteroatoms. The summed E-state index contributed by atoms with van der Waals surface area (Å²) in [6, 6.07) is 8.54. The lowest BCUT2D eigenvalue weighted by atomic mass is 9.86. The van der Waals surface area contributed by atoms with Gasteiger partial charge in [0.05, 0.1) is 5.52 Å². The van der Waals surface area contributed by atoms with Crippen molar-refractivity contribution in [3.8, 4) is 0 Å². The van der Waals surface area contributed by atoms with E-state index in [-0.39, 0.29) is 0 Å². The predicted molar refractivity (Wildman–Crippen MR) is 79.6 cm³/mol. The molecule has 1 aromatic heterocycles. The molecule has 1 N–H and O–H groups in total. The van der Waals surface area contributed by atoms with E-state index in [4.69, 9.17) is 11.6 Å². The van der Waals surface area contributed by atoms with Crippen molar-refractivity contribution in [1.29, 1.82) is 0 Å². The highest BCUT2D eigenvalue weighted by atomic mass is 35.5. The van der Waals surface area contributed by atoms with Crippen LogP contribution in [0.3, 0.4) is 0 Å². The van der Waals surface area contributed by atoms with Crippen LogP contribution in [-0.4, -0.2) is 21.9 Å². The van der Waals surface area contributed by atoms with Crippen molar-refractivity contribution in [2.75, 3.05) is 11.2 Å². The summed E-state index contributed by atoms with van der Waals surface area (Å²) in [5.74, 6) is 2.21. The number of fused-ring (bicyclic) bond motifs is 1. The van der Waals surface area contributed by atoms with Gasteiger partial charge in [0.15, 0.2) is 0 Å². The normalized spacial score (nSPS) is 23.4. The molecule has 1 fully saturated rings. The predicted octanol–water partition coefficient (Wildman–Crippen LogP) is 3.84. The minimum Gasteiger partial charge on any atom is -0.366 e. The van der Waals surface area contributed by atoms with Gasteiger partial charge in [-0.1, -0.05) is 25.0 Å². The molecule has 0 amide bonds. The zero-order chi connectivity index (χ0) is 13.1. The van der Waals surface area contributed by atoms with Gasteiger partial charge < -0.3 is 5.32 Å². The molecule has 1 aromatic carbocycles. The molecule has 100 valence electrons. The van der Waals surface area contributed by atoms with Crippen molar-refractivity contribution in [2.24, 2.45) is 5.92 Å². The fraction of sp³-hybridized carbons (Fsp3) is 0.467. The maximum Gasteiger partial charge on any atom is 0.137 e. The van der Waals surface area contributed by atoms with E-state index >= 15 is 0 Å². The Labute approximate surface area is 118 Å². The van der Waals surface area contributed by atoms with Gasteiger partial charge in [0.25, 0.3) is 0 Å². The van der Waals surface area contributed by atoms with Crippen molar-refractivity contribution in [3.05, 3.63) is 30.6 Å². The van der Waals surface area contributed by atoms with Crippen molar-refractivity contribution < 1.29 is 0 Å². The molecule has 2 aromatic rings. The molecule has 3 nitrogen and oxygen atoms in total. The van der Waals surface area contributed by atoms with Crippen molar-refractivity contribution in [2.45, 2.75) is 31.7 Å². The van der Waals surface area contributed by atoms with E-state index < -0.39 is 0 Å². The number of hydrogen-bond donors (Lipinski definition) is 1. The third-order valence-corrected chi connectivity index (χ3v) is 4.37. The molecule has 3 rings (SSSR count). The molecule has 0 aliphatic heterocycles. The minimum absolute atomic E-state index is 0.435. The van der Waals surface area contributed by atoms with Crippen molar-refractivity contribution >= 4 is 28.3 Å². The van der Waals surface area contributed by atoms with Crippen LogP contribution in [0.15, 0.2) is 30.6 Å². The number of aromatic nitrogens is 2. The number of anilines is 1. The standard InChI is InChI=1S/C15H18ClN3/c16-9-11-5-1-3-7-13(11)19-15-12-6-2-4-8-14(12)17-10-18-15/h2,4,6,8,10-11,13H,1,3,5,7,9H2,(H,17,18,19). The number of benzene rings is 1. The van der Waals surface area contributed by atoms with Crippen LogP contribution in [0, 0.1) is 5.92 Å². The summed E-state index contributed by atoms with van der Waals surface area (Å²) in [6.45, 7) is 0. The lowest BCUT2D eigenvalue weighted by molar-refractivity contribution is 0.353. The first-order valence-electron chi connectivity index (χ1n) is 6.90. The number of nitrogens with zero attached hydrogens (tertiary/aromatic N) is 2. The summed E-state index contributed by atoms with van der Waals surface area (Å²) < 4.78 is 0. The van der Waals surface area contributed by atoms with E-state index in [1.165, 1.54) is 25.7 Å². The van der Waals surface area contributed by atoms with Gasteiger partial charge in [0.2, 0.25) is 0 Å². The molecule has 1 aliphatic carbocycles. The zero-order valence-electron chi connectivity index (χ0n) is 10.8. The molecule has 1 heterocycles. The molecular weight excluding hydrogens is 258 g/mol. The maximum atomic E-state index is 6.09. The Bertz CT molecular complexity index is 553. The van der Waals surface area contributed by atoms with Gasteiger partial charge in [-0.2, -0.15) is 0 Å². The summed E-state index contributed by atoms with van der Waals surface area (Å²) in [7, 11) is 0. The first-order chi connectivity index (χ1) is 9.38. The number of alkyl halides is 1. The number of hydrogen-bond acceptors (Lipinski definition) is 3. The fourth-order valence-electron chi connectivity index (χ4n) is 2.88. The topological polar surface area (TPSA) is 37.8 Å². The van der Waals surface area contributed by atoms with E-state index in [0.29, 0.717) is 12.0 Å². The third kappa shape index (κ3) is 2.66. The third-order valence-electron chi connectivity index (χ3n) is 3.97. The van der Waals surface area contributed by atoms with Gasteiger partial charge >= 0.3 is 0 Å². The van der Waals surface area contributed by atoms with Gasteiger partial charge in [-0.3, -0.25) is 0 Å². The van der Waals surface area contributed by atoms with E-state index in [1.807, 2.05) is 18.2 Å². The number of para-hydroxylation sites is 1. The first-order valence-corrected chi connectivity index (χ1v) is 7.44. The molecule has 2 unspecified atom stereocenters. The van der Waals surface area contributed by atoms with Crippen LogP contribution >= 0.6 is 11.6 Å². The molecule has 1 aliphatic rings.